The highest BCUT2D eigenvalue weighted by atomic mass is 16.6. The third kappa shape index (κ3) is 2.02. The predicted molar refractivity (Wildman–Crippen MR) is 65.4 cm³/mol. The van der Waals surface area contributed by atoms with Gasteiger partial charge in [0.2, 0.25) is 0 Å². The van der Waals surface area contributed by atoms with Crippen LogP contribution in [0.25, 0.3) is 11.0 Å². The summed E-state index contributed by atoms with van der Waals surface area (Å²) in [6, 6.07) is 5.91. The van der Waals surface area contributed by atoms with Crippen molar-refractivity contribution in [2.45, 2.75) is 26.2 Å². The molecular weight excluding hydrogens is 202 g/mol. The SMILES string of the molecule is CONc1ccc2nc(C(C)(C)C)[nH]c2c1. The third-order valence-corrected chi connectivity index (χ3v) is 2.41. The Bertz CT molecular complexity index is 496. The molecule has 0 spiro atoms. The third-order valence-electron chi connectivity index (χ3n) is 2.41. The van der Waals surface area contributed by atoms with Crippen LogP contribution in [0.15, 0.2) is 18.2 Å². The summed E-state index contributed by atoms with van der Waals surface area (Å²) in [5.74, 6) is 0.997. The molecule has 0 radical (unpaired) electrons. The molecule has 0 fully saturated rings. The van der Waals surface area contributed by atoms with Crippen LogP contribution in [-0.2, 0) is 10.3 Å². The van der Waals surface area contributed by atoms with Crippen molar-refractivity contribution < 1.29 is 4.84 Å². The van der Waals surface area contributed by atoms with Crippen molar-refractivity contribution in [3.8, 4) is 0 Å². The van der Waals surface area contributed by atoms with Gasteiger partial charge in [0.1, 0.15) is 5.82 Å². The van der Waals surface area contributed by atoms with Crippen molar-refractivity contribution in [2.24, 2.45) is 0 Å². The lowest BCUT2D eigenvalue weighted by Gasteiger charge is -2.13. The van der Waals surface area contributed by atoms with E-state index >= 15 is 0 Å². The fourth-order valence-corrected chi connectivity index (χ4v) is 1.55. The van der Waals surface area contributed by atoms with Gasteiger partial charge in [-0.3, -0.25) is 10.3 Å². The number of aromatic nitrogens is 2. The zero-order valence-electron chi connectivity index (χ0n) is 10.1. The Morgan fingerprint density at radius 3 is 2.69 bits per heavy atom. The van der Waals surface area contributed by atoms with Crippen LogP contribution < -0.4 is 5.48 Å². The standard InChI is InChI=1S/C12H17N3O/c1-12(2,3)11-13-9-6-5-8(15-16-4)7-10(9)14-11/h5-7,15H,1-4H3,(H,13,14). The molecule has 1 heterocycles. The van der Waals surface area contributed by atoms with E-state index < -0.39 is 0 Å². The van der Waals surface area contributed by atoms with Gasteiger partial charge in [-0.25, -0.2) is 4.98 Å². The zero-order valence-corrected chi connectivity index (χ0v) is 10.1. The predicted octanol–water partition coefficient (Wildman–Crippen LogP) is 2.83. The summed E-state index contributed by atoms with van der Waals surface area (Å²) in [6.45, 7) is 6.41. The fourth-order valence-electron chi connectivity index (χ4n) is 1.55. The first-order valence-corrected chi connectivity index (χ1v) is 5.30. The molecular formula is C12H17N3O. The van der Waals surface area contributed by atoms with E-state index in [1.165, 1.54) is 0 Å². The van der Waals surface area contributed by atoms with Gasteiger partial charge in [-0.1, -0.05) is 20.8 Å². The van der Waals surface area contributed by atoms with Crippen LogP contribution >= 0.6 is 0 Å². The molecule has 1 aromatic carbocycles. The van der Waals surface area contributed by atoms with E-state index in [9.17, 15) is 0 Å². The Labute approximate surface area is 95.0 Å². The van der Waals surface area contributed by atoms with Crippen LogP contribution in [0.3, 0.4) is 0 Å². The zero-order chi connectivity index (χ0) is 11.8. The van der Waals surface area contributed by atoms with E-state index in [4.69, 9.17) is 4.84 Å². The lowest BCUT2D eigenvalue weighted by atomic mass is 9.96. The average molecular weight is 219 g/mol. The first-order valence-electron chi connectivity index (χ1n) is 5.30. The van der Waals surface area contributed by atoms with Gasteiger partial charge in [0.15, 0.2) is 0 Å². The summed E-state index contributed by atoms with van der Waals surface area (Å²) < 4.78 is 0. The Balaban J connectivity index is 2.46. The van der Waals surface area contributed by atoms with Crippen LogP contribution in [0.5, 0.6) is 0 Å². The molecule has 0 amide bonds. The van der Waals surface area contributed by atoms with E-state index in [2.05, 4.69) is 36.2 Å². The minimum atomic E-state index is 0.0356. The van der Waals surface area contributed by atoms with E-state index in [1.807, 2.05) is 18.2 Å². The summed E-state index contributed by atoms with van der Waals surface area (Å²) in [6.07, 6.45) is 0. The second kappa shape index (κ2) is 3.79. The molecule has 0 aliphatic heterocycles. The molecule has 0 aliphatic carbocycles. The number of hydrogen-bond acceptors (Lipinski definition) is 3. The highest BCUT2D eigenvalue weighted by Gasteiger charge is 2.18. The number of nitrogens with one attached hydrogen (secondary N) is 2. The summed E-state index contributed by atoms with van der Waals surface area (Å²) in [4.78, 5) is 12.8. The Morgan fingerprint density at radius 2 is 2.06 bits per heavy atom. The second-order valence-electron chi connectivity index (χ2n) is 4.87. The van der Waals surface area contributed by atoms with Crippen LogP contribution in [0, 0.1) is 0 Å². The monoisotopic (exact) mass is 219 g/mol. The maximum atomic E-state index is 4.87. The van der Waals surface area contributed by atoms with Gasteiger partial charge in [0, 0.05) is 5.41 Å². The Morgan fingerprint density at radius 1 is 1.31 bits per heavy atom. The van der Waals surface area contributed by atoms with Gasteiger partial charge in [-0.05, 0) is 18.2 Å². The first kappa shape index (κ1) is 11.0. The number of hydrogen-bond donors (Lipinski definition) is 2. The van der Waals surface area contributed by atoms with Crippen molar-refractivity contribution >= 4 is 16.7 Å². The summed E-state index contributed by atoms with van der Waals surface area (Å²) in [5.41, 5.74) is 5.75. The average Bonchev–Trinajstić information content (AvgIpc) is 2.60. The number of aromatic amines is 1. The molecule has 1 aromatic heterocycles. The Kier molecular flexibility index (Phi) is 2.59. The number of H-pyrrole nitrogens is 1. The molecule has 4 nitrogen and oxygen atoms in total. The number of imidazole rings is 1. The molecule has 0 aliphatic rings. The van der Waals surface area contributed by atoms with Crippen molar-refractivity contribution in [1.29, 1.82) is 0 Å². The summed E-state index contributed by atoms with van der Waals surface area (Å²) in [7, 11) is 1.59. The smallest absolute Gasteiger partial charge is 0.112 e. The van der Waals surface area contributed by atoms with Gasteiger partial charge in [0.05, 0.1) is 23.8 Å². The number of fused-ring (bicyclic) bond motifs is 1. The number of benzene rings is 1. The van der Waals surface area contributed by atoms with Crippen LogP contribution in [-0.4, -0.2) is 17.1 Å². The largest absolute Gasteiger partial charge is 0.341 e. The first-order chi connectivity index (χ1) is 7.50. The van der Waals surface area contributed by atoms with E-state index in [0.717, 1.165) is 22.5 Å². The van der Waals surface area contributed by atoms with Gasteiger partial charge in [0.25, 0.3) is 0 Å². The molecule has 0 bridgehead atoms. The van der Waals surface area contributed by atoms with E-state index in [1.54, 1.807) is 7.11 Å². The molecule has 16 heavy (non-hydrogen) atoms. The van der Waals surface area contributed by atoms with Crippen molar-refractivity contribution in [1.82, 2.24) is 9.97 Å². The topological polar surface area (TPSA) is 49.9 Å². The van der Waals surface area contributed by atoms with E-state index in [-0.39, 0.29) is 5.41 Å². The molecule has 0 saturated carbocycles. The van der Waals surface area contributed by atoms with Crippen LogP contribution in [0.4, 0.5) is 5.69 Å². The number of anilines is 1. The number of nitrogens with zero attached hydrogens (tertiary/aromatic N) is 1. The molecule has 2 aromatic rings. The molecule has 0 saturated heterocycles. The highest BCUT2D eigenvalue weighted by Crippen LogP contribution is 2.24. The second-order valence-corrected chi connectivity index (χ2v) is 4.87. The normalized spacial score (nSPS) is 12.0. The van der Waals surface area contributed by atoms with Crippen molar-refractivity contribution in [2.75, 3.05) is 12.6 Å². The molecule has 2 rings (SSSR count). The maximum absolute atomic E-state index is 4.87. The van der Waals surface area contributed by atoms with Crippen molar-refractivity contribution in [3.63, 3.8) is 0 Å². The molecule has 0 unspecified atom stereocenters. The lowest BCUT2D eigenvalue weighted by Crippen LogP contribution is -2.12. The Hall–Kier alpha value is -1.55. The highest BCUT2D eigenvalue weighted by molar-refractivity contribution is 5.79. The minimum Gasteiger partial charge on any atom is -0.341 e. The minimum absolute atomic E-state index is 0.0356. The van der Waals surface area contributed by atoms with Gasteiger partial charge >= 0.3 is 0 Å². The fraction of sp³-hybridized carbons (Fsp3) is 0.417. The van der Waals surface area contributed by atoms with Gasteiger partial charge in [-0.2, -0.15) is 0 Å². The maximum Gasteiger partial charge on any atom is 0.112 e. The lowest BCUT2D eigenvalue weighted by molar-refractivity contribution is 0.271. The molecule has 86 valence electrons. The van der Waals surface area contributed by atoms with Crippen LogP contribution in [0.2, 0.25) is 0 Å². The van der Waals surface area contributed by atoms with Crippen molar-refractivity contribution in [3.05, 3.63) is 24.0 Å². The summed E-state index contributed by atoms with van der Waals surface area (Å²) in [5, 5.41) is 0. The molecule has 2 N–H and O–H groups in total. The van der Waals surface area contributed by atoms with Crippen LogP contribution in [0.1, 0.15) is 26.6 Å². The quantitative estimate of drug-likeness (QED) is 0.763. The van der Waals surface area contributed by atoms with Gasteiger partial charge in [-0.15, -0.1) is 0 Å². The van der Waals surface area contributed by atoms with Gasteiger partial charge < -0.3 is 4.98 Å². The molecule has 4 heteroatoms. The summed E-state index contributed by atoms with van der Waals surface area (Å²) >= 11 is 0. The number of rotatable bonds is 2. The van der Waals surface area contributed by atoms with E-state index in [0.29, 0.717) is 0 Å². The molecule has 0 atom stereocenters.